The number of furan rings is 1. The monoisotopic (exact) mass is 263 g/mol. The molecular formula is C14H14FNO3. The number of carbonyl (C=O) groups excluding carboxylic acids is 1. The molecule has 2 rings (SSSR count). The van der Waals surface area contributed by atoms with Crippen molar-refractivity contribution >= 4 is 5.91 Å². The second-order valence-electron chi connectivity index (χ2n) is 3.99. The maximum Gasteiger partial charge on any atom is 0.224 e. The summed E-state index contributed by atoms with van der Waals surface area (Å²) in [7, 11) is 1.48. The number of methoxy groups -OCH3 is 1. The molecule has 0 fully saturated rings. The summed E-state index contributed by atoms with van der Waals surface area (Å²) in [5, 5.41) is 2.69. The van der Waals surface area contributed by atoms with Gasteiger partial charge in [-0.15, -0.1) is 0 Å². The fraction of sp³-hybridized carbons (Fsp3) is 0.214. The molecule has 4 nitrogen and oxygen atoms in total. The Morgan fingerprint density at radius 1 is 1.42 bits per heavy atom. The lowest BCUT2D eigenvalue weighted by Gasteiger charge is -2.08. The van der Waals surface area contributed by atoms with Crippen LogP contribution < -0.4 is 10.1 Å². The maximum atomic E-state index is 13.1. The van der Waals surface area contributed by atoms with Crippen LogP contribution in [-0.4, -0.2) is 13.0 Å². The van der Waals surface area contributed by atoms with Gasteiger partial charge in [-0.3, -0.25) is 4.79 Å². The van der Waals surface area contributed by atoms with Gasteiger partial charge in [-0.1, -0.05) is 0 Å². The number of hydrogen-bond acceptors (Lipinski definition) is 3. The van der Waals surface area contributed by atoms with E-state index >= 15 is 0 Å². The second kappa shape index (κ2) is 6.04. The summed E-state index contributed by atoms with van der Waals surface area (Å²) >= 11 is 0. The van der Waals surface area contributed by atoms with Crippen LogP contribution in [0, 0.1) is 5.82 Å². The van der Waals surface area contributed by atoms with Gasteiger partial charge in [-0.05, 0) is 30.3 Å². The van der Waals surface area contributed by atoms with Crippen LogP contribution in [0.3, 0.4) is 0 Å². The Hall–Kier alpha value is -2.30. The van der Waals surface area contributed by atoms with Crippen LogP contribution in [-0.2, 0) is 17.8 Å². The van der Waals surface area contributed by atoms with E-state index < -0.39 is 5.82 Å². The SMILES string of the molecule is COc1ccc(F)cc1CC(=O)NCc1ccco1. The lowest BCUT2D eigenvalue weighted by Crippen LogP contribution is -2.24. The topological polar surface area (TPSA) is 51.5 Å². The van der Waals surface area contributed by atoms with Crippen molar-refractivity contribution in [2.75, 3.05) is 7.11 Å². The lowest BCUT2D eigenvalue weighted by molar-refractivity contribution is -0.120. The number of benzene rings is 1. The molecule has 0 saturated carbocycles. The number of nitrogens with one attached hydrogen (secondary N) is 1. The quantitative estimate of drug-likeness (QED) is 0.900. The third-order valence-electron chi connectivity index (χ3n) is 2.63. The Labute approximate surface area is 110 Å². The Morgan fingerprint density at radius 2 is 2.26 bits per heavy atom. The van der Waals surface area contributed by atoms with E-state index in [0.29, 0.717) is 23.6 Å². The van der Waals surface area contributed by atoms with Crippen LogP contribution in [0.5, 0.6) is 5.75 Å². The normalized spacial score (nSPS) is 10.2. The fourth-order valence-corrected chi connectivity index (χ4v) is 1.72. The van der Waals surface area contributed by atoms with Crippen molar-refractivity contribution in [2.24, 2.45) is 0 Å². The Balaban J connectivity index is 1.96. The van der Waals surface area contributed by atoms with E-state index in [0.717, 1.165) is 0 Å². The molecule has 0 bridgehead atoms. The molecule has 1 aromatic carbocycles. The second-order valence-corrected chi connectivity index (χ2v) is 3.99. The van der Waals surface area contributed by atoms with Gasteiger partial charge in [0.05, 0.1) is 26.3 Å². The average Bonchev–Trinajstić information content (AvgIpc) is 2.90. The fourth-order valence-electron chi connectivity index (χ4n) is 1.72. The lowest BCUT2D eigenvalue weighted by atomic mass is 10.1. The van der Waals surface area contributed by atoms with Gasteiger partial charge < -0.3 is 14.5 Å². The van der Waals surface area contributed by atoms with Crippen LogP contribution in [0.4, 0.5) is 4.39 Å². The number of halogens is 1. The van der Waals surface area contributed by atoms with Crippen molar-refractivity contribution in [3.63, 3.8) is 0 Å². The van der Waals surface area contributed by atoms with Crippen molar-refractivity contribution < 1.29 is 18.3 Å². The molecular weight excluding hydrogens is 249 g/mol. The van der Waals surface area contributed by atoms with Gasteiger partial charge in [0, 0.05) is 5.56 Å². The first-order valence-electron chi connectivity index (χ1n) is 5.80. The number of amides is 1. The van der Waals surface area contributed by atoms with Crippen molar-refractivity contribution in [1.82, 2.24) is 5.32 Å². The highest BCUT2D eigenvalue weighted by Gasteiger charge is 2.10. The molecule has 0 atom stereocenters. The molecule has 0 aliphatic heterocycles. The van der Waals surface area contributed by atoms with Crippen LogP contribution in [0.25, 0.3) is 0 Å². The summed E-state index contributed by atoms with van der Waals surface area (Å²) in [5.41, 5.74) is 0.513. The summed E-state index contributed by atoms with van der Waals surface area (Å²) < 4.78 is 23.3. The van der Waals surface area contributed by atoms with Crippen LogP contribution in [0.1, 0.15) is 11.3 Å². The molecule has 1 N–H and O–H groups in total. The molecule has 0 aliphatic carbocycles. The molecule has 0 saturated heterocycles. The molecule has 100 valence electrons. The van der Waals surface area contributed by atoms with Gasteiger partial charge in [-0.2, -0.15) is 0 Å². The molecule has 2 aromatic rings. The van der Waals surface area contributed by atoms with Crippen LogP contribution in [0.15, 0.2) is 41.0 Å². The van der Waals surface area contributed by atoms with Crippen LogP contribution >= 0.6 is 0 Å². The standard InChI is InChI=1S/C14H14FNO3/c1-18-13-5-4-11(15)7-10(13)8-14(17)16-9-12-3-2-6-19-12/h2-7H,8-9H2,1H3,(H,16,17). The summed E-state index contributed by atoms with van der Waals surface area (Å²) in [4.78, 5) is 11.8. The Bertz CT molecular complexity index is 552. The zero-order valence-corrected chi connectivity index (χ0v) is 10.5. The van der Waals surface area contributed by atoms with Gasteiger partial charge in [0.2, 0.25) is 5.91 Å². The molecule has 0 radical (unpaired) electrons. The molecule has 1 heterocycles. The largest absolute Gasteiger partial charge is 0.496 e. The van der Waals surface area contributed by atoms with E-state index in [1.165, 1.54) is 31.6 Å². The van der Waals surface area contributed by atoms with E-state index in [1.807, 2.05) is 0 Å². The molecule has 19 heavy (non-hydrogen) atoms. The summed E-state index contributed by atoms with van der Waals surface area (Å²) in [5.74, 6) is 0.545. The minimum absolute atomic E-state index is 0.0572. The number of carbonyl (C=O) groups is 1. The number of rotatable bonds is 5. The van der Waals surface area contributed by atoms with Gasteiger partial charge in [0.25, 0.3) is 0 Å². The first-order valence-corrected chi connectivity index (χ1v) is 5.80. The van der Waals surface area contributed by atoms with Gasteiger partial charge in [-0.25, -0.2) is 4.39 Å². The molecule has 0 spiro atoms. The number of hydrogen-bond donors (Lipinski definition) is 1. The maximum absolute atomic E-state index is 13.1. The predicted octanol–water partition coefficient (Wildman–Crippen LogP) is 2.29. The highest BCUT2D eigenvalue weighted by molar-refractivity contribution is 5.79. The minimum Gasteiger partial charge on any atom is -0.496 e. The summed E-state index contributed by atoms with van der Waals surface area (Å²) in [6.45, 7) is 0.309. The third kappa shape index (κ3) is 3.58. The summed E-state index contributed by atoms with van der Waals surface area (Å²) in [6.07, 6.45) is 1.60. The van der Waals surface area contributed by atoms with Gasteiger partial charge in [0.15, 0.2) is 0 Å². The first-order chi connectivity index (χ1) is 9.19. The predicted molar refractivity (Wildman–Crippen MR) is 67.2 cm³/mol. The van der Waals surface area contributed by atoms with Crippen molar-refractivity contribution in [2.45, 2.75) is 13.0 Å². The molecule has 1 amide bonds. The average molecular weight is 263 g/mol. The minimum atomic E-state index is -0.394. The van der Waals surface area contributed by atoms with E-state index in [-0.39, 0.29) is 12.3 Å². The van der Waals surface area contributed by atoms with E-state index in [2.05, 4.69) is 5.32 Å². The Kier molecular flexibility index (Phi) is 4.18. The van der Waals surface area contributed by atoms with E-state index in [4.69, 9.17) is 9.15 Å². The highest BCUT2D eigenvalue weighted by atomic mass is 19.1. The van der Waals surface area contributed by atoms with Crippen LogP contribution in [0.2, 0.25) is 0 Å². The summed E-state index contributed by atoms with van der Waals surface area (Å²) in [6, 6.07) is 7.61. The van der Waals surface area contributed by atoms with E-state index in [9.17, 15) is 9.18 Å². The zero-order chi connectivity index (χ0) is 13.7. The molecule has 1 aromatic heterocycles. The van der Waals surface area contributed by atoms with Crippen molar-refractivity contribution in [3.05, 3.63) is 53.7 Å². The molecule has 0 aliphatic rings. The van der Waals surface area contributed by atoms with Crippen molar-refractivity contribution in [1.29, 1.82) is 0 Å². The van der Waals surface area contributed by atoms with E-state index in [1.54, 1.807) is 12.1 Å². The molecule has 5 heteroatoms. The smallest absolute Gasteiger partial charge is 0.224 e. The highest BCUT2D eigenvalue weighted by Crippen LogP contribution is 2.19. The zero-order valence-electron chi connectivity index (χ0n) is 10.5. The third-order valence-corrected chi connectivity index (χ3v) is 2.63. The molecule has 0 unspecified atom stereocenters. The van der Waals surface area contributed by atoms with Gasteiger partial charge in [0.1, 0.15) is 17.3 Å². The van der Waals surface area contributed by atoms with Gasteiger partial charge >= 0.3 is 0 Å². The van der Waals surface area contributed by atoms with Crippen molar-refractivity contribution in [3.8, 4) is 5.75 Å². The first kappa shape index (κ1) is 13.1. The Morgan fingerprint density at radius 3 is 2.95 bits per heavy atom. The number of ether oxygens (including phenoxy) is 1.